The predicted octanol–water partition coefficient (Wildman–Crippen LogP) is 2.48. The number of hydrogen-bond acceptors (Lipinski definition) is 4. The zero-order valence-corrected chi connectivity index (χ0v) is 13.1. The lowest BCUT2D eigenvalue weighted by Gasteiger charge is -2.15. The first kappa shape index (κ1) is 15.6. The minimum absolute atomic E-state index is 0.0761. The molecule has 0 bridgehead atoms. The number of fused-ring (bicyclic) bond motifs is 1. The number of aromatic nitrogens is 1. The molecule has 2 heterocycles. The molecule has 120 valence electrons. The number of pyridine rings is 1. The van der Waals surface area contributed by atoms with Crippen molar-refractivity contribution in [2.24, 2.45) is 0 Å². The molecule has 1 aliphatic heterocycles. The van der Waals surface area contributed by atoms with Crippen LogP contribution in [0.15, 0.2) is 35.8 Å². The first-order chi connectivity index (χ1) is 11.0. The molecule has 1 saturated heterocycles. The van der Waals surface area contributed by atoms with Crippen molar-refractivity contribution in [3.8, 4) is 0 Å². The Morgan fingerprint density at radius 3 is 2.91 bits per heavy atom. The Morgan fingerprint density at radius 2 is 2.30 bits per heavy atom. The Morgan fingerprint density at radius 1 is 1.57 bits per heavy atom. The molecular formula is C16H14ClFN2O3. The molecule has 2 aromatic rings. The van der Waals surface area contributed by atoms with Crippen LogP contribution in [-0.2, 0) is 4.74 Å². The van der Waals surface area contributed by atoms with Gasteiger partial charge in [0, 0.05) is 6.20 Å². The fraction of sp³-hybridized carbons (Fsp3) is 0.250. The maximum absolute atomic E-state index is 13.8. The van der Waals surface area contributed by atoms with Crippen molar-refractivity contribution in [3.05, 3.63) is 57.6 Å². The quantitative estimate of drug-likeness (QED) is 0.489. The molecular weight excluding hydrogens is 323 g/mol. The van der Waals surface area contributed by atoms with E-state index in [0.29, 0.717) is 12.1 Å². The first-order valence-electron chi connectivity index (χ1n) is 7.09. The van der Waals surface area contributed by atoms with Crippen molar-refractivity contribution in [2.45, 2.75) is 13.0 Å². The van der Waals surface area contributed by atoms with Crippen LogP contribution in [-0.4, -0.2) is 29.8 Å². The van der Waals surface area contributed by atoms with Crippen LogP contribution >= 0.6 is 11.6 Å². The topological polar surface area (TPSA) is 51.3 Å². The van der Waals surface area contributed by atoms with Crippen molar-refractivity contribution in [3.63, 3.8) is 0 Å². The van der Waals surface area contributed by atoms with Crippen molar-refractivity contribution < 1.29 is 13.9 Å². The highest BCUT2D eigenvalue weighted by Gasteiger charge is 2.33. The van der Waals surface area contributed by atoms with Gasteiger partial charge in [-0.05, 0) is 19.1 Å². The Labute approximate surface area is 136 Å². The minimum Gasteiger partial charge on any atom is -0.462 e. The fourth-order valence-corrected chi connectivity index (χ4v) is 2.62. The van der Waals surface area contributed by atoms with Gasteiger partial charge in [-0.1, -0.05) is 17.7 Å². The SMILES string of the molecule is C=CC1CN1n1cc(C(=O)OCC)c(=O)c2cc(F)c(Cl)cc21. The summed E-state index contributed by atoms with van der Waals surface area (Å²) in [5, 5.41) is 1.85. The van der Waals surface area contributed by atoms with E-state index in [2.05, 4.69) is 6.58 Å². The van der Waals surface area contributed by atoms with E-state index in [0.717, 1.165) is 6.07 Å². The highest BCUT2D eigenvalue weighted by atomic mass is 35.5. The number of ether oxygens (including phenoxy) is 1. The third-order valence-corrected chi connectivity index (χ3v) is 3.98. The predicted molar refractivity (Wildman–Crippen MR) is 86.2 cm³/mol. The van der Waals surface area contributed by atoms with Crippen LogP contribution in [0.2, 0.25) is 5.02 Å². The summed E-state index contributed by atoms with van der Waals surface area (Å²) in [6.45, 7) is 6.19. The Bertz CT molecular complexity index is 878. The molecule has 0 spiro atoms. The molecule has 1 aromatic carbocycles. The number of carbonyl (C=O) groups is 1. The molecule has 3 rings (SSSR count). The lowest BCUT2D eigenvalue weighted by molar-refractivity contribution is 0.0524. The summed E-state index contributed by atoms with van der Waals surface area (Å²) in [5.41, 5.74) is -0.295. The summed E-state index contributed by atoms with van der Waals surface area (Å²) in [6, 6.07) is 2.51. The standard InChI is InChI=1S/C16H14ClFN2O3/c1-3-9-7-19(9)20-8-11(16(22)23-4-2)15(21)10-5-13(18)12(17)6-14(10)20/h3,5-6,8-9H,1,4,7H2,2H3. The number of esters is 1. The van der Waals surface area contributed by atoms with Gasteiger partial charge in [0.2, 0.25) is 5.43 Å². The van der Waals surface area contributed by atoms with Crippen molar-refractivity contribution in [1.29, 1.82) is 0 Å². The molecule has 5 nitrogen and oxygen atoms in total. The molecule has 23 heavy (non-hydrogen) atoms. The Hall–Kier alpha value is -2.34. The molecule has 1 atom stereocenters. The van der Waals surface area contributed by atoms with Gasteiger partial charge < -0.3 is 9.75 Å². The third kappa shape index (κ3) is 2.59. The molecule has 0 amide bonds. The van der Waals surface area contributed by atoms with E-state index in [4.69, 9.17) is 16.3 Å². The van der Waals surface area contributed by atoms with Crippen LogP contribution in [0.1, 0.15) is 17.3 Å². The zero-order chi connectivity index (χ0) is 16.7. The van der Waals surface area contributed by atoms with Gasteiger partial charge in [0.15, 0.2) is 0 Å². The van der Waals surface area contributed by atoms with Gasteiger partial charge in [0.05, 0.1) is 35.1 Å². The third-order valence-electron chi connectivity index (χ3n) is 3.69. The van der Waals surface area contributed by atoms with Gasteiger partial charge >= 0.3 is 5.97 Å². The summed E-state index contributed by atoms with van der Waals surface area (Å²) in [6.07, 6.45) is 3.15. The highest BCUT2D eigenvalue weighted by Crippen LogP contribution is 2.25. The molecule has 1 unspecified atom stereocenters. The summed E-state index contributed by atoms with van der Waals surface area (Å²) in [7, 11) is 0. The van der Waals surface area contributed by atoms with E-state index in [1.54, 1.807) is 17.7 Å². The van der Waals surface area contributed by atoms with Crippen LogP contribution < -0.4 is 10.4 Å². The van der Waals surface area contributed by atoms with E-state index in [-0.39, 0.29) is 28.6 Å². The molecule has 1 aliphatic rings. The van der Waals surface area contributed by atoms with E-state index in [1.165, 1.54) is 12.3 Å². The summed E-state index contributed by atoms with van der Waals surface area (Å²) in [5.74, 6) is -1.45. The van der Waals surface area contributed by atoms with Crippen LogP contribution in [0.4, 0.5) is 4.39 Å². The van der Waals surface area contributed by atoms with Gasteiger partial charge in [-0.3, -0.25) is 9.47 Å². The Kier molecular flexibility index (Phi) is 3.85. The number of nitrogens with zero attached hydrogens (tertiary/aromatic N) is 2. The average molecular weight is 337 g/mol. The molecule has 1 fully saturated rings. The van der Waals surface area contributed by atoms with E-state index < -0.39 is 17.2 Å². The number of rotatable bonds is 4. The van der Waals surface area contributed by atoms with Crippen molar-refractivity contribution >= 4 is 28.5 Å². The van der Waals surface area contributed by atoms with Gasteiger partial charge in [0.1, 0.15) is 11.4 Å². The molecule has 0 radical (unpaired) electrons. The maximum Gasteiger partial charge on any atom is 0.343 e. The average Bonchev–Trinajstić information content (AvgIpc) is 3.29. The van der Waals surface area contributed by atoms with Crippen LogP contribution in [0.3, 0.4) is 0 Å². The second-order valence-corrected chi connectivity index (χ2v) is 5.55. The molecule has 0 aliphatic carbocycles. The van der Waals surface area contributed by atoms with E-state index >= 15 is 0 Å². The second-order valence-electron chi connectivity index (χ2n) is 5.15. The molecule has 1 aromatic heterocycles. The lowest BCUT2D eigenvalue weighted by Crippen LogP contribution is -2.25. The van der Waals surface area contributed by atoms with Gasteiger partial charge in [-0.15, -0.1) is 6.58 Å². The lowest BCUT2D eigenvalue weighted by atomic mass is 10.1. The van der Waals surface area contributed by atoms with Crippen LogP contribution in [0, 0.1) is 5.82 Å². The highest BCUT2D eigenvalue weighted by molar-refractivity contribution is 6.31. The summed E-state index contributed by atoms with van der Waals surface area (Å²) in [4.78, 5) is 24.5. The van der Waals surface area contributed by atoms with Gasteiger partial charge in [-0.2, -0.15) is 0 Å². The Balaban J connectivity index is 2.29. The normalized spacial score (nSPS) is 16.5. The minimum atomic E-state index is -0.736. The number of benzene rings is 1. The monoisotopic (exact) mass is 336 g/mol. The van der Waals surface area contributed by atoms with Crippen LogP contribution in [0.5, 0.6) is 0 Å². The molecule has 0 N–H and O–H groups in total. The molecule has 7 heteroatoms. The maximum atomic E-state index is 13.8. The van der Waals surface area contributed by atoms with Crippen molar-refractivity contribution in [2.75, 3.05) is 18.2 Å². The fourth-order valence-electron chi connectivity index (χ4n) is 2.46. The van der Waals surface area contributed by atoms with Gasteiger partial charge in [-0.25, -0.2) is 9.18 Å². The number of carbonyl (C=O) groups excluding carboxylic acids is 1. The zero-order valence-electron chi connectivity index (χ0n) is 12.4. The second kappa shape index (κ2) is 5.70. The van der Waals surface area contributed by atoms with Crippen LogP contribution in [0.25, 0.3) is 10.9 Å². The van der Waals surface area contributed by atoms with E-state index in [9.17, 15) is 14.0 Å². The van der Waals surface area contributed by atoms with E-state index in [1.807, 2.05) is 5.01 Å². The molecule has 0 saturated carbocycles. The smallest absolute Gasteiger partial charge is 0.343 e. The number of halogens is 2. The van der Waals surface area contributed by atoms with Crippen molar-refractivity contribution in [1.82, 2.24) is 4.68 Å². The number of hydrogen-bond donors (Lipinski definition) is 0. The summed E-state index contributed by atoms with van der Waals surface area (Å²) < 4.78 is 20.3. The largest absolute Gasteiger partial charge is 0.462 e. The summed E-state index contributed by atoms with van der Waals surface area (Å²) >= 11 is 5.84. The first-order valence-corrected chi connectivity index (χ1v) is 7.46. The van der Waals surface area contributed by atoms with Gasteiger partial charge in [0.25, 0.3) is 0 Å².